The minimum atomic E-state index is 0.586. The molecule has 0 N–H and O–H groups in total. The van der Waals surface area contributed by atoms with Crippen LogP contribution in [0.5, 0.6) is 0 Å². The number of benzene rings is 9. The first-order valence-electron chi connectivity index (χ1n) is 21.2. The summed E-state index contributed by atoms with van der Waals surface area (Å²) in [5.41, 5.74) is 13.1. The molecule has 0 aliphatic carbocycles. The fourth-order valence-corrected chi connectivity index (χ4v) is 9.45. The lowest BCUT2D eigenvalue weighted by Crippen LogP contribution is -2.03. The Labute approximate surface area is 361 Å². The van der Waals surface area contributed by atoms with Gasteiger partial charge in [-0.25, -0.2) is 15.0 Å². The van der Waals surface area contributed by atoms with Crippen LogP contribution in [0.1, 0.15) is 0 Å². The highest BCUT2D eigenvalue weighted by molar-refractivity contribution is 6.11. The van der Waals surface area contributed by atoms with Crippen molar-refractivity contribution < 1.29 is 4.42 Å². The molecular weight excluding hydrogens is 771 g/mol. The first-order chi connectivity index (χ1) is 31.2. The summed E-state index contributed by atoms with van der Waals surface area (Å²) in [5.74, 6) is 1.79. The van der Waals surface area contributed by atoms with E-state index in [9.17, 15) is 0 Å². The van der Waals surface area contributed by atoms with E-state index in [1.165, 1.54) is 21.5 Å². The number of fused-ring (bicyclic) bond motifs is 9. The molecule has 0 atom stereocenters. The molecule has 0 spiro atoms. The van der Waals surface area contributed by atoms with Gasteiger partial charge >= 0.3 is 0 Å². The zero-order valence-corrected chi connectivity index (χ0v) is 33.9. The van der Waals surface area contributed by atoms with Gasteiger partial charge in [-0.1, -0.05) is 152 Å². The average molecular weight is 806 g/mol. The van der Waals surface area contributed by atoms with E-state index in [1.807, 2.05) is 36.4 Å². The van der Waals surface area contributed by atoms with Crippen LogP contribution in [-0.2, 0) is 0 Å². The van der Waals surface area contributed by atoms with Crippen molar-refractivity contribution in [2.45, 2.75) is 0 Å². The zero-order valence-electron chi connectivity index (χ0n) is 33.9. The highest BCUT2D eigenvalue weighted by atomic mass is 16.3. The number of hydrogen-bond acceptors (Lipinski definition) is 4. The number of furan rings is 1. The van der Waals surface area contributed by atoms with Crippen LogP contribution in [0, 0.1) is 0 Å². The molecule has 0 amide bonds. The van der Waals surface area contributed by atoms with Crippen LogP contribution in [-0.4, -0.2) is 24.1 Å². The maximum Gasteiger partial charge on any atom is 0.164 e. The monoisotopic (exact) mass is 805 g/mol. The second kappa shape index (κ2) is 14.0. The van der Waals surface area contributed by atoms with Gasteiger partial charge in [0.2, 0.25) is 0 Å². The molecule has 0 aliphatic heterocycles. The Balaban J connectivity index is 1.02. The molecule has 4 aromatic heterocycles. The van der Waals surface area contributed by atoms with Crippen LogP contribution < -0.4 is 0 Å². The number of aromatic nitrogens is 5. The molecule has 63 heavy (non-hydrogen) atoms. The Hall–Kier alpha value is -8.61. The minimum Gasteiger partial charge on any atom is -0.456 e. The molecule has 0 bridgehead atoms. The molecule has 6 nitrogen and oxygen atoms in total. The van der Waals surface area contributed by atoms with Gasteiger partial charge in [0.1, 0.15) is 11.2 Å². The first-order valence-corrected chi connectivity index (χ1v) is 21.2. The third-order valence-corrected chi connectivity index (χ3v) is 12.4. The fourth-order valence-electron chi connectivity index (χ4n) is 9.45. The molecular formula is C57H35N5O. The Morgan fingerprint density at radius 1 is 0.270 bits per heavy atom. The number of para-hydroxylation sites is 5. The molecule has 6 heteroatoms. The van der Waals surface area contributed by atoms with Gasteiger partial charge in [0.05, 0.1) is 22.1 Å². The standard InChI is InChI=1S/C57H35N5O/c1-2-14-37(15-3-1)55-58-56(38-28-26-36(27-29-38)39-30-31-48-47-20-8-13-25-53(47)63-54(48)34-39)60-57(59-55)40-32-41(61-49-21-9-4-16-43(49)44-17-5-10-22-50(44)61)35-42(33-40)62-51-23-11-6-18-45(51)46-19-7-12-24-52(46)62/h1-35H. The zero-order chi connectivity index (χ0) is 41.4. The van der Waals surface area contributed by atoms with E-state index in [4.69, 9.17) is 19.4 Å². The van der Waals surface area contributed by atoms with Crippen molar-refractivity contribution in [1.29, 1.82) is 0 Å². The highest BCUT2D eigenvalue weighted by Gasteiger charge is 2.20. The van der Waals surface area contributed by atoms with E-state index in [2.05, 4.69) is 185 Å². The minimum absolute atomic E-state index is 0.586. The second-order valence-electron chi connectivity index (χ2n) is 16.0. The van der Waals surface area contributed by atoms with E-state index in [0.717, 1.165) is 83.2 Å². The third-order valence-electron chi connectivity index (χ3n) is 12.4. The Kier molecular flexibility index (Phi) is 7.80. The Morgan fingerprint density at radius 2 is 0.667 bits per heavy atom. The highest BCUT2D eigenvalue weighted by Crippen LogP contribution is 2.39. The van der Waals surface area contributed by atoms with Crippen LogP contribution in [0.4, 0.5) is 0 Å². The number of rotatable bonds is 6. The van der Waals surface area contributed by atoms with Crippen molar-refractivity contribution in [2.24, 2.45) is 0 Å². The predicted molar refractivity (Wildman–Crippen MR) is 258 cm³/mol. The van der Waals surface area contributed by atoms with E-state index < -0.39 is 0 Å². The summed E-state index contributed by atoms with van der Waals surface area (Å²) < 4.78 is 11.0. The summed E-state index contributed by atoms with van der Waals surface area (Å²) in [4.78, 5) is 15.7. The maximum absolute atomic E-state index is 6.24. The van der Waals surface area contributed by atoms with Gasteiger partial charge in [-0.15, -0.1) is 0 Å². The third kappa shape index (κ3) is 5.69. The molecule has 13 aromatic rings. The van der Waals surface area contributed by atoms with Crippen LogP contribution in [0.2, 0.25) is 0 Å². The summed E-state index contributed by atoms with van der Waals surface area (Å²) >= 11 is 0. The Bertz CT molecular complexity index is 3680. The van der Waals surface area contributed by atoms with Gasteiger partial charge in [0.25, 0.3) is 0 Å². The summed E-state index contributed by atoms with van der Waals surface area (Å²) in [5, 5.41) is 7.04. The molecule has 13 rings (SSSR count). The van der Waals surface area contributed by atoms with Crippen molar-refractivity contribution >= 4 is 65.6 Å². The summed E-state index contributed by atoms with van der Waals surface area (Å²) in [6.45, 7) is 0. The number of nitrogens with zero attached hydrogens (tertiary/aromatic N) is 5. The van der Waals surface area contributed by atoms with Gasteiger partial charge in [-0.2, -0.15) is 0 Å². The van der Waals surface area contributed by atoms with E-state index >= 15 is 0 Å². The van der Waals surface area contributed by atoms with Crippen LogP contribution in [0.25, 0.3) is 122 Å². The smallest absolute Gasteiger partial charge is 0.164 e. The molecule has 0 saturated carbocycles. The lowest BCUT2D eigenvalue weighted by molar-refractivity contribution is 0.669. The van der Waals surface area contributed by atoms with Crippen molar-refractivity contribution in [3.05, 3.63) is 212 Å². The lowest BCUT2D eigenvalue weighted by Gasteiger charge is -2.16. The Morgan fingerprint density at radius 3 is 1.21 bits per heavy atom. The molecule has 4 heterocycles. The van der Waals surface area contributed by atoms with Crippen LogP contribution in [0.3, 0.4) is 0 Å². The summed E-state index contributed by atoms with van der Waals surface area (Å²) in [6.07, 6.45) is 0. The van der Waals surface area contributed by atoms with Crippen molar-refractivity contribution in [3.8, 4) is 56.7 Å². The van der Waals surface area contributed by atoms with E-state index in [1.54, 1.807) is 0 Å². The number of hydrogen-bond donors (Lipinski definition) is 0. The van der Waals surface area contributed by atoms with Gasteiger partial charge in [-0.3, -0.25) is 0 Å². The predicted octanol–water partition coefficient (Wildman–Crippen LogP) is 14.6. The molecule has 294 valence electrons. The van der Waals surface area contributed by atoms with Crippen LogP contribution >= 0.6 is 0 Å². The van der Waals surface area contributed by atoms with Gasteiger partial charge < -0.3 is 13.6 Å². The van der Waals surface area contributed by atoms with Crippen molar-refractivity contribution in [3.63, 3.8) is 0 Å². The SMILES string of the molecule is c1ccc(-c2nc(-c3ccc(-c4ccc5c(c4)oc4ccccc45)cc3)nc(-c3cc(-n4c5ccccc5c5ccccc54)cc(-n4c5ccccc5c5ccccc54)c3)n2)cc1. The largest absolute Gasteiger partial charge is 0.456 e. The maximum atomic E-state index is 6.24. The molecule has 0 fully saturated rings. The molecule has 0 aliphatic rings. The molecule has 0 unspecified atom stereocenters. The summed E-state index contributed by atoms with van der Waals surface area (Å²) in [7, 11) is 0. The quantitative estimate of drug-likeness (QED) is 0.168. The van der Waals surface area contributed by atoms with Crippen molar-refractivity contribution in [1.82, 2.24) is 24.1 Å². The molecule has 0 saturated heterocycles. The first kappa shape index (κ1) is 35.2. The second-order valence-corrected chi connectivity index (χ2v) is 16.0. The average Bonchev–Trinajstić information content (AvgIpc) is 4.02. The summed E-state index contributed by atoms with van der Waals surface area (Å²) in [6, 6.07) is 74.5. The lowest BCUT2D eigenvalue weighted by atomic mass is 10.0. The van der Waals surface area contributed by atoms with Gasteiger partial charge in [-0.05, 0) is 71.8 Å². The van der Waals surface area contributed by atoms with Crippen molar-refractivity contribution in [2.75, 3.05) is 0 Å². The van der Waals surface area contributed by atoms with E-state index in [0.29, 0.717) is 17.5 Å². The van der Waals surface area contributed by atoms with Gasteiger partial charge in [0, 0.05) is 60.4 Å². The van der Waals surface area contributed by atoms with Crippen LogP contribution in [0.15, 0.2) is 217 Å². The van der Waals surface area contributed by atoms with E-state index in [-0.39, 0.29) is 0 Å². The normalized spacial score (nSPS) is 11.8. The molecule has 0 radical (unpaired) electrons. The fraction of sp³-hybridized carbons (Fsp3) is 0. The molecule has 9 aromatic carbocycles. The van der Waals surface area contributed by atoms with Gasteiger partial charge in [0.15, 0.2) is 17.5 Å². The topological polar surface area (TPSA) is 61.7 Å².